The molecule has 3 heteroatoms. The molecule has 0 aromatic heterocycles. The van der Waals surface area contributed by atoms with E-state index in [9.17, 15) is 0 Å². The molecule has 0 bridgehead atoms. The quantitative estimate of drug-likeness (QED) is 0.756. The summed E-state index contributed by atoms with van der Waals surface area (Å²) in [6, 6.07) is 7.19. The van der Waals surface area contributed by atoms with Crippen molar-refractivity contribution in [3.05, 3.63) is 34.9 Å². The third-order valence-corrected chi connectivity index (χ3v) is 3.59. The van der Waals surface area contributed by atoms with Gasteiger partial charge >= 0.3 is 0 Å². The molecular formula is C15H23NO2. The molecule has 0 heterocycles. The average Bonchev–Trinajstić information content (AvgIpc) is 2.65. The monoisotopic (exact) mass is 249 g/mol. The SMILES string of the molecule is Cc1ccc2c(c1)C(NCCOCCO)C(C)C2. The summed E-state index contributed by atoms with van der Waals surface area (Å²) in [6.45, 7) is 6.46. The van der Waals surface area contributed by atoms with E-state index in [2.05, 4.69) is 37.4 Å². The van der Waals surface area contributed by atoms with E-state index in [0.717, 1.165) is 13.0 Å². The van der Waals surface area contributed by atoms with E-state index in [4.69, 9.17) is 9.84 Å². The summed E-state index contributed by atoms with van der Waals surface area (Å²) in [7, 11) is 0. The summed E-state index contributed by atoms with van der Waals surface area (Å²) in [5.41, 5.74) is 4.25. The van der Waals surface area contributed by atoms with Gasteiger partial charge in [-0.3, -0.25) is 0 Å². The first kappa shape index (κ1) is 13.5. The molecule has 1 aliphatic rings. The molecule has 0 fully saturated rings. The van der Waals surface area contributed by atoms with E-state index in [1.54, 1.807) is 0 Å². The van der Waals surface area contributed by atoms with E-state index in [1.807, 2.05) is 0 Å². The van der Waals surface area contributed by atoms with Gasteiger partial charge in [-0.25, -0.2) is 0 Å². The number of rotatable bonds is 6. The highest BCUT2D eigenvalue weighted by atomic mass is 16.5. The highest BCUT2D eigenvalue weighted by molar-refractivity contribution is 5.38. The number of benzene rings is 1. The van der Waals surface area contributed by atoms with E-state index >= 15 is 0 Å². The highest BCUT2D eigenvalue weighted by Crippen LogP contribution is 2.36. The Balaban J connectivity index is 1.91. The lowest BCUT2D eigenvalue weighted by Gasteiger charge is -2.19. The zero-order valence-electron chi connectivity index (χ0n) is 11.3. The van der Waals surface area contributed by atoms with Gasteiger partial charge in [0, 0.05) is 12.6 Å². The molecule has 100 valence electrons. The Labute approximate surface area is 109 Å². The molecule has 2 atom stereocenters. The summed E-state index contributed by atoms with van der Waals surface area (Å²) in [6.07, 6.45) is 1.16. The van der Waals surface area contributed by atoms with Gasteiger partial charge in [-0.1, -0.05) is 30.7 Å². The molecule has 0 spiro atoms. The molecule has 18 heavy (non-hydrogen) atoms. The van der Waals surface area contributed by atoms with Crippen LogP contribution in [0.15, 0.2) is 18.2 Å². The normalized spacial score (nSPS) is 22.2. The maximum atomic E-state index is 8.63. The van der Waals surface area contributed by atoms with Crippen molar-refractivity contribution in [2.24, 2.45) is 5.92 Å². The van der Waals surface area contributed by atoms with Crippen LogP contribution in [0.3, 0.4) is 0 Å². The van der Waals surface area contributed by atoms with Crippen molar-refractivity contribution < 1.29 is 9.84 Å². The second-order valence-corrected chi connectivity index (χ2v) is 5.15. The van der Waals surface area contributed by atoms with Gasteiger partial charge in [0.25, 0.3) is 0 Å². The Bertz CT molecular complexity index is 392. The Morgan fingerprint density at radius 1 is 1.39 bits per heavy atom. The fraction of sp³-hybridized carbons (Fsp3) is 0.600. The van der Waals surface area contributed by atoms with Gasteiger partial charge in [0.15, 0.2) is 0 Å². The van der Waals surface area contributed by atoms with E-state index < -0.39 is 0 Å². The van der Waals surface area contributed by atoms with Crippen molar-refractivity contribution in [1.29, 1.82) is 0 Å². The van der Waals surface area contributed by atoms with Crippen molar-refractivity contribution >= 4 is 0 Å². The third-order valence-electron chi connectivity index (χ3n) is 3.59. The van der Waals surface area contributed by atoms with Crippen molar-refractivity contribution in [3.8, 4) is 0 Å². The third kappa shape index (κ3) is 3.10. The number of fused-ring (bicyclic) bond motifs is 1. The predicted octanol–water partition coefficient (Wildman–Crippen LogP) is 1.83. The second-order valence-electron chi connectivity index (χ2n) is 5.15. The number of aliphatic hydroxyl groups excluding tert-OH is 1. The summed E-state index contributed by atoms with van der Waals surface area (Å²) < 4.78 is 5.28. The minimum absolute atomic E-state index is 0.0991. The van der Waals surface area contributed by atoms with Crippen LogP contribution in [-0.4, -0.2) is 31.5 Å². The molecule has 1 aromatic carbocycles. The van der Waals surface area contributed by atoms with Crippen LogP contribution in [0.4, 0.5) is 0 Å². The maximum absolute atomic E-state index is 8.63. The van der Waals surface area contributed by atoms with Crippen LogP contribution in [0.1, 0.15) is 29.7 Å². The first-order chi connectivity index (χ1) is 8.72. The van der Waals surface area contributed by atoms with Gasteiger partial charge < -0.3 is 15.2 Å². The molecule has 2 rings (SSSR count). The average molecular weight is 249 g/mol. The van der Waals surface area contributed by atoms with Crippen LogP contribution in [-0.2, 0) is 11.2 Å². The lowest BCUT2D eigenvalue weighted by Crippen LogP contribution is -2.27. The number of aryl methyl sites for hydroxylation is 1. The first-order valence-corrected chi connectivity index (χ1v) is 6.74. The Kier molecular flexibility index (Phi) is 4.75. The molecular weight excluding hydrogens is 226 g/mol. The number of nitrogens with one attached hydrogen (secondary N) is 1. The topological polar surface area (TPSA) is 41.5 Å². The molecule has 2 unspecified atom stereocenters. The summed E-state index contributed by atoms with van der Waals surface area (Å²) in [5.74, 6) is 0.639. The van der Waals surface area contributed by atoms with Crippen LogP contribution < -0.4 is 5.32 Å². The van der Waals surface area contributed by atoms with Gasteiger partial charge in [0.2, 0.25) is 0 Å². The minimum Gasteiger partial charge on any atom is -0.394 e. The Hall–Kier alpha value is -0.900. The standard InChI is InChI=1S/C15H23NO2/c1-11-3-4-13-10-12(2)15(14(13)9-11)16-5-7-18-8-6-17/h3-4,9,12,15-17H,5-8,10H2,1-2H3. The molecule has 0 saturated carbocycles. The number of aliphatic hydroxyl groups is 1. The van der Waals surface area contributed by atoms with E-state index in [0.29, 0.717) is 25.2 Å². The molecule has 1 aliphatic carbocycles. The van der Waals surface area contributed by atoms with E-state index in [-0.39, 0.29) is 6.61 Å². The smallest absolute Gasteiger partial charge is 0.0698 e. The van der Waals surface area contributed by atoms with Crippen LogP contribution in [0.5, 0.6) is 0 Å². The van der Waals surface area contributed by atoms with Gasteiger partial charge in [-0.15, -0.1) is 0 Å². The fourth-order valence-corrected chi connectivity index (χ4v) is 2.73. The van der Waals surface area contributed by atoms with Crippen molar-refractivity contribution in [2.45, 2.75) is 26.3 Å². The first-order valence-electron chi connectivity index (χ1n) is 6.74. The number of hydrogen-bond donors (Lipinski definition) is 2. The van der Waals surface area contributed by atoms with Gasteiger partial charge in [-0.2, -0.15) is 0 Å². The van der Waals surface area contributed by atoms with Gasteiger partial charge in [0.1, 0.15) is 0 Å². The van der Waals surface area contributed by atoms with Crippen molar-refractivity contribution in [3.63, 3.8) is 0 Å². The molecule has 2 N–H and O–H groups in total. The van der Waals surface area contributed by atoms with Crippen LogP contribution in [0.2, 0.25) is 0 Å². The molecule has 1 aromatic rings. The van der Waals surface area contributed by atoms with Gasteiger partial charge in [-0.05, 0) is 30.4 Å². The maximum Gasteiger partial charge on any atom is 0.0698 e. The van der Waals surface area contributed by atoms with Gasteiger partial charge in [0.05, 0.1) is 19.8 Å². The summed E-state index contributed by atoms with van der Waals surface area (Å²) >= 11 is 0. The second kappa shape index (κ2) is 6.32. The van der Waals surface area contributed by atoms with Crippen LogP contribution in [0.25, 0.3) is 0 Å². The molecule has 0 saturated heterocycles. The molecule has 0 aliphatic heterocycles. The van der Waals surface area contributed by atoms with Crippen molar-refractivity contribution in [2.75, 3.05) is 26.4 Å². The van der Waals surface area contributed by atoms with Crippen LogP contribution >= 0.6 is 0 Å². The fourth-order valence-electron chi connectivity index (χ4n) is 2.73. The Morgan fingerprint density at radius 2 is 2.22 bits per heavy atom. The van der Waals surface area contributed by atoms with E-state index in [1.165, 1.54) is 16.7 Å². The molecule has 3 nitrogen and oxygen atoms in total. The molecule has 0 radical (unpaired) electrons. The lowest BCUT2D eigenvalue weighted by atomic mass is 10.0. The summed E-state index contributed by atoms with van der Waals surface area (Å²) in [4.78, 5) is 0. The zero-order valence-corrected chi connectivity index (χ0v) is 11.3. The highest BCUT2D eigenvalue weighted by Gasteiger charge is 2.28. The van der Waals surface area contributed by atoms with Crippen molar-refractivity contribution in [1.82, 2.24) is 5.32 Å². The summed E-state index contributed by atoms with van der Waals surface area (Å²) in [5, 5.41) is 12.2. The minimum atomic E-state index is 0.0991. The van der Waals surface area contributed by atoms with Crippen LogP contribution in [0, 0.1) is 12.8 Å². The molecule has 0 amide bonds. The Morgan fingerprint density at radius 3 is 3.00 bits per heavy atom. The largest absolute Gasteiger partial charge is 0.394 e. The predicted molar refractivity (Wildman–Crippen MR) is 72.7 cm³/mol. The lowest BCUT2D eigenvalue weighted by molar-refractivity contribution is 0.0918. The number of ether oxygens (including phenoxy) is 1. The number of hydrogen-bond acceptors (Lipinski definition) is 3. The zero-order chi connectivity index (χ0) is 13.0.